The molecule has 0 unspecified atom stereocenters. The fourth-order valence-electron chi connectivity index (χ4n) is 6.42. The van der Waals surface area contributed by atoms with E-state index in [0.717, 1.165) is 61.0 Å². The van der Waals surface area contributed by atoms with Gasteiger partial charge in [0.15, 0.2) is 11.6 Å². The van der Waals surface area contributed by atoms with Crippen molar-refractivity contribution < 1.29 is 22.3 Å². The smallest absolute Gasteiger partial charge is 0.403 e. The molecule has 0 saturated heterocycles. The standard InChI is InChI=1S/C24H32F4O/c25-22-15-21(13-14-23(22)29-24(26,27)28)20-11-9-19(10-12-20)18-7-5-17(6-8-18)16-3-1-2-4-16/h13-20H,1-12H2. The highest BCUT2D eigenvalue weighted by Crippen LogP contribution is 2.47. The molecule has 0 heterocycles. The Morgan fingerprint density at radius 2 is 1.17 bits per heavy atom. The molecule has 0 aliphatic heterocycles. The van der Waals surface area contributed by atoms with Crippen molar-refractivity contribution >= 4 is 0 Å². The van der Waals surface area contributed by atoms with Crippen LogP contribution >= 0.6 is 0 Å². The first kappa shape index (κ1) is 21.0. The Morgan fingerprint density at radius 3 is 1.66 bits per heavy atom. The topological polar surface area (TPSA) is 9.23 Å². The molecule has 1 aromatic rings. The minimum Gasteiger partial charge on any atom is -0.403 e. The Labute approximate surface area is 171 Å². The molecule has 0 aromatic heterocycles. The summed E-state index contributed by atoms with van der Waals surface area (Å²) in [6.45, 7) is 0. The summed E-state index contributed by atoms with van der Waals surface area (Å²) in [5.41, 5.74) is 0.806. The molecule has 3 fully saturated rings. The van der Waals surface area contributed by atoms with Crippen LogP contribution in [0.2, 0.25) is 0 Å². The molecular formula is C24H32F4O. The van der Waals surface area contributed by atoms with Crippen LogP contribution in [0.1, 0.15) is 88.5 Å². The third kappa shape index (κ3) is 5.27. The number of hydrogen-bond acceptors (Lipinski definition) is 1. The summed E-state index contributed by atoms with van der Waals surface area (Å²) in [6, 6.07) is 3.95. The van der Waals surface area contributed by atoms with Gasteiger partial charge in [-0.3, -0.25) is 0 Å². The van der Waals surface area contributed by atoms with Crippen LogP contribution in [0.4, 0.5) is 17.6 Å². The van der Waals surface area contributed by atoms with Crippen molar-refractivity contribution in [3.05, 3.63) is 29.6 Å². The van der Waals surface area contributed by atoms with E-state index < -0.39 is 17.9 Å². The van der Waals surface area contributed by atoms with E-state index in [-0.39, 0.29) is 5.92 Å². The van der Waals surface area contributed by atoms with Gasteiger partial charge < -0.3 is 4.74 Å². The molecule has 4 rings (SSSR count). The van der Waals surface area contributed by atoms with E-state index in [1.807, 2.05) is 0 Å². The Hall–Kier alpha value is -1.26. The van der Waals surface area contributed by atoms with Gasteiger partial charge in [0.1, 0.15) is 0 Å². The van der Waals surface area contributed by atoms with E-state index in [4.69, 9.17) is 0 Å². The van der Waals surface area contributed by atoms with Gasteiger partial charge in [-0.05, 0) is 98.7 Å². The number of benzene rings is 1. The Kier molecular flexibility index (Phi) is 6.41. The average molecular weight is 413 g/mol. The zero-order valence-electron chi connectivity index (χ0n) is 17.0. The van der Waals surface area contributed by atoms with Crippen LogP contribution < -0.4 is 4.74 Å². The van der Waals surface area contributed by atoms with Crippen molar-refractivity contribution in [1.82, 2.24) is 0 Å². The molecule has 29 heavy (non-hydrogen) atoms. The molecule has 3 saturated carbocycles. The van der Waals surface area contributed by atoms with E-state index in [1.54, 1.807) is 6.07 Å². The third-order valence-electron chi connectivity index (χ3n) is 7.97. The fraction of sp³-hybridized carbons (Fsp3) is 0.750. The monoisotopic (exact) mass is 412 g/mol. The third-order valence-corrected chi connectivity index (χ3v) is 7.97. The fourth-order valence-corrected chi connectivity index (χ4v) is 6.42. The molecule has 0 atom stereocenters. The molecule has 0 amide bonds. The van der Waals surface area contributed by atoms with Gasteiger partial charge in [-0.15, -0.1) is 13.2 Å². The van der Waals surface area contributed by atoms with E-state index in [2.05, 4.69) is 4.74 Å². The molecular weight excluding hydrogens is 380 g/mol. The van der Waals surface area contributed by atoms with Gasteiger partial charge in [0, 0.05) is 0 Å². The summed E-state index contributed by atoms with van der Waals surface area (Å²) >= 11 is 0. The largest absolute Gasteiger partial charge is 0.573 e. The first-order chi connectivity index (χ1) is 13.9. The molecule has 0 spiro atoms. The molecule has 3 aliphatic carbocycles. The van der Waals surface area contributed by atoms with Crippen LogP contribution in [0.5, 0.6) is 5.75 Å². The summed E-state index contributed by atoms with van der Waals surface area (Å²) < 4.78 is 54.7. The van der Waals surface area contributed by atoms with Crippen molar-refractivity contribution in [3.63, 3.8) is 0 Å². The number of rotatable bonds is 4. The zero-order valence-corrected chi connectivity index (χ0v) is 17.0. The first-order valence-electron chi connectivity index (χ1n) is 11.4. The molecule has 0 radical (unpaired) electrons. The van der Waals surface area contributed by atoms with Crippen molar-refractivity contribution in [2.75, 3.05) is 0 Å². The van der Waals surface area contributed by atoms with Gasteiger partial charge in [-0.2, -0.15) is 0 Å². The second kappa shape index (κ2) is 8.85. The zero-order chi connectivity index (χ0) is 20.4. The summed E-state index contributed by atoms with van der Waals surface area (Å²) in [5.74, 6) is 2.15. The van der Waals surface area contributed by atoms with Gasteiger partial charge in [0.05, 0.1) is 0 Å². The van der Waals surface area contributed by atoms with E-state index >= 15 is 0 Å². The van der Waals surface area contributed by atoms with Gasteiger partial charge in [-0.25, -0.2) is 4.39 Å². The summed E-state index contributed by atoms with van der Waals surface area (Å²) in [5, 5.41) is 0. The minimum absolute atomic E-state index is 0.246. The van der Waals surface area contributed by atoms with Gasteiger partial charge >= 0.3 is 6.36 Å². The second-order valence-electron chi connectivity index (χ2n) is 9.57. The van der Waals surface area contributed by atoms with E-state index in [9.17, 15) is 17.6 Å². The lowest BCUT2D eigenvalue weighted by Crippen LogP contribution is -2.27. The lowest BCUT2D eigenvalue weighted by molar-refractivity contribution is -0.275. The number of alkyl halides is 3. The molecule has 1 nitrogen and oxygen atoms in total. The predicted molar refractivity (Wildman–Crippen MR) is 105 cm³/mol. The van der Waals surface area contributed by atoms with Crippen LogP contribution in [0, 0.1) is 29.5 Å². The van der Waals surface area contributed by atoms with Crippen LogP contribution in [-0.2, 0) is 0 Å². The van der Waals surface area contributed by atoms with Crippen LogP contribution in [0.25, 0.3) is 0 Å². The maximum Gasteiger partial charge on any atom is 0.573 e. The predicted octanol–water partition coefficient (Wildman–Crippen LogP) is 7.99. The van der Waals surface area contributed by atoms with Crippen molar-refractivity contribution in [3.8, 4) is 5.75 Å². The van der Waals surface area contributed by atoms with Crippen LogP contribution in [0.3, 0.4) is 0 Å². The molecule has 162 valence electrons. The van der Waals surface area contributed by atoms with Gasteiger partial charge in [-0.1, -0.05) is 31.7 Å². The van der Waals surface area contributed by atoms with Crippen LogP contribution in [0.15, 0.2) is 18.2 Å². The first-order valence-corrected chi connectivity index (χ1v) is 11.4. The normalized spacial score (nSPS) is 31.7. The maximum absolute atomic E-state index is 14.0. The second-order valence-corrected chi connectivity index (χ2v) is 9.57. The van der Waals surface area contributed by atoms with Crippen molar-refractivity contribution in [2.24, 2.45) is 23.7 Å². The van der Waals surface area contributed by atoms with Crippen LogP contribution in [-0.4, -0.2) is 6.36 Å². The molecule has 0 bridgehead atoms. The Bertz CT molecular complexity index is 664. The highest BCUT2D eigenvalue weighted by Gasteiger charge is 2.35. The molecule has 3 aliphatic rings. The summed E-state index contributed by atoms with van der Waals surface area (Å²) in [6.07, 6.45) is 10.8. The van der Waals surface area contributed by atoms with E-state index in [0.29, 0.717) is 0 Å². The molecule has 1 aromatic carbocycles. The molecule has 0 N–H and O–H groups in total. The van der Waals surface area contributed by atoms with Crippen molar-refractivity contribution in [2.45, 2.75) is 89.3 Å². The lowest BCUT2D eigenvalue weighted by Gasteiger charge is -2.39. The minimum atomic E-state index is -4.86. The van der Waals surface area contributed by atoms with Gasteiger partial charge in [0.25, 0.3) is 0 Å². The molecule has 5 heteroatoms. The average Bonchev–Trinajstić information content (AvgIpc) is 3.24. The lowest BCUT2D eigenvalue weighted by atomic mass is 9.66. The quantitative estimate of drug-likeness (QED) is 0.455. The summed E-state index contributed by atoms with van der Waals surface area (Å²) in [4.78, 5) is 0. The van der Waals surface area contributed by atoms with Crippen molar-refractivity contribution in [1.29, 1.82) is 0 Å². The SMILES string of the molecule is Fc1cc(C2CCC(C3CCC(C4CCCC4)CC3)CC2)ccc1OC(F)(F)F. The number of ether oxygens (including phenoxy) is 1. The Morgan fingerprint density at radius 1 is 0.690 bits per heavy atom. The highest BCUT2D eigenvalue weighted by molar-refractivity contribution is 5.31. The highest BCUT2D eigenvalue weighted by atomic mass is 19.4. The Balaban J connectivity index is 1.27. The number of hydrogen-bond donors (Lipinski definition) is 0. The number of halogens is 4. The maximum atomic E-state index is 14.0. The van der Waals surface area contributed by atoms with Gasteiger partial charge in [0.2, 0.25) is 0 Å². The van der Waals surface area contributed by atoms with E-state index in [1.165, 1.54) is 57.4 Å². The summed E-state index contributed by atoms with van der Waals surface area (Å²) in [7, 11) is 0.